The van der Waals surface area contributed by atoms with Crippen molar-refractivity contribution >= 4 is 17.3 Å². The third kappa shape index (κ3) is 3.00. The highest BCUT2D eigenvalue weighted by atomic mass is 16.5. The predicted molar refractivity (Wildman–Crippen MR) is 77.4 cm³/mol. The molecule has 0 radical (unpaired) electrons. The van der Waals surface area contributed by atoms with Crippen LogP contribution < -0.4 is 10.6 Å². The lowest BCUT2D eigenvalue weighted by atomic mass is 9.93. The molecule has 1 fully saturated rings. The number of esters is 1. The molecule has 0 aromatic heterocycles. The second-order valence-electron chi connectivity index (χ2n) is 5.83. The second-order valence-corrected chi connectivity index (χ2v) is 5.83. The first-order chi connectivity index (χ1) is 8.93. The van der Waals surface area contributed by atoms with Gasteiger partial charge in [-0.15, -0.1) is 0 Å². The highest BCUT2D eigenvalue weighted by Gasteiger charge is 2.30. The summed E-state index contributed by atoms with van der Waals surface area (Å²) in [6.07, 6.45) is 1.16. The average Bonchev–Trinajstić information content (AvgIpc) is 2.69. The summed E-state index contributed by atoms with van der Waals surface area (Å²) < 4.78 is 4.97. The summed E-state index contributed by atoms with van der Waals surface area (Å²) in [6.45, 7) is 8.70. The lowest BCUT2D eigenvalue weighted by molar-refractivity contribution is 0.0526. The van der Waals surface area contributed by atoms with E-state index in [4.69, 9.17) is 10.5 Å². The van der Waals surface area contributed by atoms with Gasteiger partial charge in [0.05, 0.1) is 23.5 Å². The van der Waals surface area contributed by atoms with Gasteiger partial charge in [0, 0.05) is 13.1 Å². The molecule has 0 atom stereocenters. The first kappa shape index (κ1) is 13.7. The molecule has 104 valence electrons. The third-order valence-corrected chi connectivity index (χ3v) is 3.56. The maximum atomic E-state index is 11.6. The summed E-state index contributed by atoms with van der Waals surface area (Å²) in [5, 5.41) is 0. The third-order valence-electron chi connectivity index (χ3n) is 3.56. The van der Waals surface area contributed by atoms with Gasteiger partial charge in [-0.2, -0.15) is 0 Å². The molecular formula is C15H22N2O2. The summed E-state index contributed by atoms with van der Waals surface area (Å²) in [7, 11) is 0. The monoisotopic (exact) mass is 262 g/mol. The normalized spacial score (nSPS) is 17.5. The Bertz CT molecular complexity index is 483. The number of carbonyl (C=O) groups is 1. The van der Waals surface area contributed by atoms with E-state index in [0.717, 1.165) is 25.2 Å². The molecule has 1 aliphatic heterocycles. The molecule has 4 nitrogen and oxygen atoms in total. The van der Waals surface area contributed by atoms with E-state index in [2.05, 4.69) is 18.7 Å². The molecule has 4 heteroatoms. The summed E-state index contributed by atoms with van der Waals surface area (Å²) in [5.41, 5.74) is 8.57. The van der Waals surface area contributed by atoms with Crippen LogP contribution in [0.4, 0.5) is 11.4 Å². The predicted octanol–water partition coefficient (Wildman–Crippen LogP) is 2.68. The average molecular weight is 262 g/mol. The molecular weight excluding hydrogens is 240 g/mol. The van der Waals surface area contributed by atoms with Gasteiger partial charge in [0.15, 0.2) is 0 Å². The van der Waals surface area contributed by atoms with E-state index < -0.39 is 0 Å². The lowest BCUT2D eigenvalue weighted by Crippen LogP contribution is -2.23. The van der Waals surface area contributed by atoms with E-state index in [1.165, 1.54) is 0 Å². The van der Waals surface area contributed by atoms with Crippen molar-refractivity contribution < 1.29 is 9.53 Å². The van der Waals surface area contributed by atoms with Crippen molar-refractivity contribution in [3.63, 3.8) is 0 Å². The molecule has 0 spiro atoms. The van der Waals surface area contributed by atoms with E-state index in [-0.39, 0.29) is 5.97 Å². The summed E-state index contributed by atoms with van der Waals surface area (Å²) in [6, 6.07) is 5.41. The van der Waals surface area contributed by atoms with Gasteiger partial charge in [-0.1, -0.05) is 13.8 Å². The van der Waals surface area contributed by atoms with Gasteiger partial charge >= 0.3 is 5.97 Å². The van der Waals surface area contributed by atoms with Crippen molar-refractivity contribution in [2.75, 3.05) is 30.3 Å². The van der Waals surface area contributed by atoms with E-state index in [9.17, 15) is 4.79 Å². The molecule has 0 amide bonds. The Morgan fingerprint density at radius 3 is 2.74 bits per heavy atom. The highest BCUT2D eigenvalue weighted by Crippen LogP contribution is 2.35. The number of hydrogen-bond acceptors (Lipinski definition) is 4. The van der Waals surface area contributed by atoms with Crippen LogP contribution >= 0.6 is 0 Å². The number of carbonyl (C=O) groups excluding carboxylic acids is 1. The highest BCUT2D eigenvalue weighted by molar-refractivity contribution is 5.92. The largest absolute Gasteiger partial charge is 0.462 e. The topological polar surface area (TPSA) is 55.6 Å². The van der Waals surface area contributed by atoms with Gasteiger partial charge in [-0.05, 0) is 37.0 Å². The first-order valence-corrected chi connectivity index (χ1v) is 6.74. The van der Waals surface area contributed by atoms with Crippen LogP contribution in [0.15, 0.2) is 18.2 Å². The minimum Gasteiger partial charge on any atom is -0.462 e. The Kier molecular flexibility index (Phi) is 3.69. The zero-order chi connectivity index (χ0) is 14.0. The zero-order valence-corrected chi connectivity index (χ0v) is 11.9. The number of nitrogens with zero attached hydrogens (tertiary/aromatic N) is 1. The second kappa shape index (κ2) is 5.11. The van der Waals surface area contributed by atoms with Gasteiger partial charge < -0.3 is 15.4 Å². The SMILES string of the molecule is CCOC(=O)c1ccc(N2CCC(C)(C)C2)c(N)c1. The van der Waals surface area contributed by atoms with Gasteiger partial charge in [0.2, 0.25) is 0 Å². The zero-order valence-electron chi connectivity index (χ0n) is 11.9. The fourth-order valence-electron chi connectivity index (χ4n) is 2.50. The quantitative estimate of drug-likeness (QED) is 0.672. The van der Waals surface area contributed by atoms with Crippen LogP contribution in [-0.2, 0) is 4.74 Å². The van der Waals surface area contributed by atoms with Crippen LogP contribution in [0.1, 0.15) is 37.6 Å². The number of ether oxygens (including phenoxy) is 1. The molecule has 0 saturated carbocycles. The fourth-order valence-corrected chi connectivity index (χ4v) is 2.50. The van der Waals surface area contributed by atoms with Crippen molar-refractivity contribution in [1.82, 2.24) is 0 Å². The van der Waals surface area contributed by atoms with Crippen molar-refractivity contribution in [3.8, 4) is 0 Å². The Balaban J connectivity index is 2.18. The molecule has 2 rings (SSSR count). The van der Waals surface area contributed by atoms with Crippen molar-refractivity contribution in [2.45, 2.75) is 27.2 Å². The van der Waals surface area contributed by atoms with E-state index in [1.807, 2.05) is 6.07 Å². The number of benzene rings is 1. The first-order valence-electron chi connectivity index (χ1n) is 6.74. The van der Waals surface area contributed by atoms with Crippen LogP contribution in [0.2, 0.25) is 0 Å². The lowest BCUT2D eigenvalue weighted by Gasteiger charge is -2.23. The molecule has 0 aliphatic carbocycles. The Morgan fingerprint density at radius 2 is 2.21 bits per heavy atom. The minimum atomic E-state index is -0.317. The van der Waals surface area contributed by atoms with Crippen molar-refractivity contribution in [1.29, 1.82) is 0 Å². The van der Waals surface area contributed by atoms with E-state index in [0.29, 0.717) is 23.3 Å². The number of anilines is 2. The van der Waals surface area contributed by atoms with Gasteiger partial charge in [0.1, 0.15) is 0 Å². The van der Waals surface area contributed by atoms with E-state index >= 15 is 0 Å². The van der Waals surface area contributed by atoms with Crippen LogP contribution in [0.3, 0.4) is 0 Å². The Labute approximate surface area is 114 Å². The van der Waals surface area contributed by atoms with Crippen LogP contribution in [-0.4, -0.2) is 25.7 Å². The summed E-state index contributed by atoms with van der Waals surface area (Å²) >= 11 is 0. The molecule has 1 heterocycles. The Hall–Kier alpha value is -1.71. The molecule has 1 aliphatic rings. The van der Waals surface area contributed by atoms with Crippen LogP contribution in [0.5, 0.6) is 0 Å². The number of nitrogen functional groups attached to an aromatic ring is 1. The number of nitrogens with two attached hydrogens (primary N) is 1. The number of rotatable bonds is 3. The fraction of sp³-hybridized carbons (Fsp3) is 0.533. The molecule has 2 N–H and O–H groups in total. The van der Waals surface area contributed by atoms with Crippen molar-refractivity contribution in [2.24, 2.45) is 5.41 Å². The van der Waals surface area contributed by atoms with Crippen LogP contribution in [0, 0.1) is 5.41 Å². The maximum Gasteiger partial charge on any atom is 0.338 e. The van der Waals surface area contributed by atoms with Gasteiger partial charge in [-0.25, -0.2) is 4.79 Å². The molecule has 1 saturated heterocycles. The minimum absolute atomic E-state index is 0.317. The molecule has 0 unspecified atom stereocenters. The number of hydrogen-bond donors (Lipinski definition) is 1. The maximum absolute atomic E-state index is 11.6. The van der Waals surface area contributed by atoms with Crippen molar-refractivity contribution in [3.05, 3.63) is 23.8 Å². The smallest absolute Gasteiger partial charge is 0.338 e. The molecule has 1 aromatic carbocycles. The molecule has 1 aromatic rings. The molecule has 0 bridgehead atoms. The molecule has 19 heavy (non-hydrogen) atoms. The standard InChI is InChI=1S/C15H22N2O2/c1-4-19-14(18)11-5-6-13(12(16)9-11)17-8-7-15(2,3)10-17/h5-6,9H,4,7-8,10,16H2,1-3H3. The van der Waals surface area contributed by atoms with Gasteiger partial charge in [0.25, 0.3) is 0 Å². The summed E-state index contributed by atoms with van der Waals surface area (Å²) in [4.78, 5) is 13.9. The van der Waals surface area contributed by atoms with Crippen LogP contribution in [0.25, 0.3) is 0 Å². The van der Waals surface area contributed by atoms with Gasteiger partial charge in [-0.3, -0.25) is 0 Å². The summed E-state index contributed by atoms with van der Waals surface area (Å²) in [5.74, 6) is -0.317. The van der Waals surface area contributed by atoms with E-state index in [1.54, 1.807) is 19.1 Å². The Morgan fingerprint density at radius 1 is 1.47 bits per heavy atom.